The van der Waals surface area contributed by atoms with E-state index < -0.39 is 5.63 Å². The van der Waals surface area contributed by atoms with Crippen molar-refractivity contribution < 1.29 is 14.3 Å². The second-order valence-corrected chi connectivity index (χ2v) is 8.11. The highest BCUT2D eigenvalue weighted by Crippen LogP contribution is 2.35. The molecule has 0 radical (unpaired) electrons. The zero-order valence-corrected chi connectivity index (χ0v) is 16.7. The molecule has 0 aliphatic carbocycles. The van der Waals surface area contributed by atoms with Gasteiger partial charge in [-0.05, 0) is 30.5 Å². The number of amides is 1. The monoisotopic (exact) mass is 419 g/mol. The van der Waals surface area contributed by atoms with Gasteiger partial charge in [-0.15, -0.1) is 0 Å². The lowest BCUT2D eigenvalue weighted by molar-refractivity contribution is -0.132. The van der Waals surface area contributed by atoms with Crippen LogP contribution in [0.2, 0.25) is 0 Å². The summed E-state index contributed by atoms with van der Waals surface area (Å²) in [7, 11) is 0. The van der Waals surface area contributed by atoms with Crippen molar-refractivity contribution in [3.05, 3.63) is 74.5 Å². The Morgan fingerprint density at radius 2 is 1.97 bits per heavy atom. The molecule has 3 aromatic rings. The van der Waals surface area contributed by atoms with E-state index in [1.807, 2.05) is 10.6 Å². The lowest BCUT2D eigenvalue weighted by Crippen LogP contribution is -2.49. The molecule has 0 spiro atoms. The summed E-state index contributed by atoms with van der Waals surface area (Å²) in [4.78, 5) is 42.9. The number of likely N-dealkylation sites (tertiary alicyclic amines) is 1. The first-order valence-electron chi connectivity index (χ1n) is 10.2. The van der Waals surface area contributed by atoms with Crippen LogP contribution in [0, 0.1) is 5.92 Å². The summed E-state index contributed by atoms with van der Waals surface area (Å²) in [5, 5.41) is 10.8. The Labute approximate surface area is 177 Å². The summed E-state index contributed by atoms with van der Waals surface area (Å²) >= 11 is 0. The number of piperidine rings is 1. The molecule has 2 atom stereocenters. The Bertz CT molecular complexity index is 1320. The fourth-order valence-electron chi connectivity index (χ4n) is 4.68. The van der Waals surface area contributed by atoms with Crippen LogP contribution in [-0.2, 0) is 11.3 Å². The zero-order valence-electron chi connectivity index (χ0n) is 16.7. The van der Waals surface area contributed by atoms with Crippen molar-refractivity contribution in [2.45, 2.75) is 18.9 Å². The Balaban J connectivity index is 1.32. The fraction of sp³-hybridized carbons (Fsp3) is 0.304. The number of para-hydroxylation sites is 1. The molecule has 2 bridgehead atoms. The number of aromatic hydroxyl groups is 1. The van der Waals surface area contributed by atoms with Crippen LogP contribution in [-0.4, -0.2) is 46.3 Å². The highest BCUT2D eigenvalue weighted by molar-refractivity contribution is 5.94. The van der Waals surface area contributed by atoms with E-state index >= 15 is 0 Å². The Morgan fingerprint density at radius 1 is 1.13 bits per heavy atom. The number of pyridine rings is 1. The first-order valence-corrected chi connectivity index (χ1v) is 10.2. The van der Waals surface area contributed by atoms with Gasteiger partial charge in [0.05, 0.1) is 5.39 Å². The van der Waals surface area contributed by atoms with Crippen LogP contribution in [0.1, 0.15) is 23.6 Å². The standard InChI is InChI=1S/C23H21N3O5/c27-20-7-3-5-18-15-8-14(12-26(18)20)11-25(13-15)21(28)10-24-9-17-22(29)16-4-1-2-6-19(16)31-23(17)30/h1-7,9,14-15,29H,8,10-13H2/t14-,15+/m1/s1. The SMILES string of the molecule is O=C(CN=Cc1c(O)c2ccccc2oc1=O)N1C[C@H]2C[C@@H](C1)c1cccc(=O)n1C2. The topological polar surface area (TPSA) is 105 Å². The number of hydrogen-bond acceptors (Lipinski definition) is 6. The van der Waals surface area contributed by atoms with Crippen molar-refractivity contribution in [2.24, 2.45) is 10.9 Å². The van der Waals surface area contributed by atoms with Gasteiger partial charge in [0.25, 0.3) is 5.56 Å². The van der Waals surface area contributed by atoms with Crippen LogP contribution < -0.4 is 11.2 Å². The van der Waals surface area contributed by atoms with Crippen LogP contribution >= 0.6 is 0 Å². The molecular weight excluding hydrogens is 398 g/mol. The van der Waals surface area contributed by atoms with Gasteiger partial charge in [-0.1, -0.05) is 18.2 Å². The minimum Gasteiger partial charge on any atom is -0.506 e. The van der Waals surface area contributed by atoms with Crippen LogP contribution in [0.3, 0.4) is 0 Å². The van der Waals surface area contributed by atoms with Crippen molar-refractivity contribution >= 4 is 23.1 Å². The van der Waals surface area contributed by atoms with Crippen LogP contribution in [0.5, 0.6) is 5.75 Å². The molecule has 4 heterocycles. The number of nitrogens with zero attached hydrogens (tertiary/aromatic N) is 3. The third-order valence-electron chi connectivity index (χ3n) is 6.10. The van der Waals surface area contributed by atoms with Gasteiger partial charge in [-0.3, -0.25) is 14.6 Å². The summed E-state index contributed by atoms with van der Waals surface area (Å²) in [5.41, 5.74) is 0.490. The second-order valence-electron chi connectivity index (χ2n) is 8.11. The third-order valence-corrected chi connectivity index (χ3v) is 6.10. The number of aliphatic imine (C=N–C) groups is 1. The molecule has 1 amide bonds. The molecule has 1 aromatic carbocycles. The maximum atomic E-state index is 12.8. The number of aromatic nitrogens is 1. The Kier molecular flexibility index (Phi) is 4.69. The average molecular weight is 419 g/mol. The van der Waals surface area contributed by atoms with E-state index in [1.54, 1.807) is 41.3 Å². The predicted octanol–water partition coefficient (Wildman–Crippen LogP) is 1.73. The minimum atomic E-state index is -0.707. The predicted molar refractivity (Wildman–Crippen MR) is 115 cm³/mol. The lowest BCUT2D eigenvalue weighted by atomic mass is 9.83. The second kappa shape index (κ2) is 7.54. The molecule has 0 saturated carbocycles. The van der Waals surface area contributed by atoms with Crippen LogP contribution in [0.15, 0.2) is 61.5 Å². The van der Waals surface area contributed by atoms with Crippen LogP contribution in [0.4, 0.5) is 0 Å². The van der Waals surface area contributed by atoms with Gasteiger partial charge in [0.15, 0.2) is 0 Å². The van der Waals surface area contributed by atoms with Gasteiger partial charge in [-0.2, -0.15) is 0 Å². The maximum absolute atomic E-state index is 12.8. The van der Waals surface area contributed by atoms with E-state index in [2.05, 4.69) is 4.99 Å². The maximum Gasteiger partial charge on any atom is 0.348 e. The smallest absolute Gasteiger partial charge is 0.348 e. The average Bonchev–Trinajstić information content (AvgIpc) is 2.76. The molecule has 1 fully saturated rings. The first-order chi connectivity index (χ1) is 15.0. The number of fused-ring (bicyclic) bond motifs is 5. The summed E-state index contributed by atoms with van der Waals surface area (Å²) in [6.07, 6.45) is 2.16. The van der Waals surface area contributed by atoms with E-state index in [1.165, 1.54) is 6.21 Å². The quantitative estimate of drug-likeness (QED) is 0.514. The lowest BCUT2D eigenvalue weighted by Gasteiger charge is -2.42. The Morgan fingerprint density at radius 3 is 2.84 bits per heavy atom. The third kappa shape index (κ3) is 3.43. The number of carbonyl (C=O) groups excluding carboxylic acids is 1. The number of benzene rings is 1. The van der Waals surface area contributed by atoms with Crippen molar-refractivity contribution in [3.8, 4) is 5.75 Å². The van der Waals surface area contributed by atoms with E-state index in [9.17, 15) is 19.5 Å². The molecule has 31 heavy (non-hydrogen) atoms. The van der Waals surface area contributed by atoms with E-state index in [0.29, 0.717) is 25.0 Å². The molecule has 5 rings (SSSR count). The normalized spacial score (nSPS) is 20.2. The number of hydrogen-bond donors (Lipinski definition) is 1. The highest BCUT2D eigenvalue weighted by atomic mass is 16.4. The molecule has 158 valence electrons. The molecule has 2 aliphatic heterocycles. The summed E-state index contributed by atoms with van der Waals surface area (Å²) in [6.45, 7) is 1.60. The first kappa shape index (κ1) is 19.3. The molecule has 8 nitrogen and oxygen atoms in total. The molecule has 2 aromatic heterocycles. The number of rotatable bonds is 3. The number of carbonyl (C=O) groups is 1. The molecule has 8 heteroatoms. The molecule has 0 unspecified atom stereocenters. The van der Waals surface area contributed by atoms with Gasteiger partial charge in [0.2, 0.25) is 5.91 Å². The van der Waals surface area contributed by atoms with Gasteiger partial charge in [-0.25, -0.2) is 4.79 Å². The minimum absolute atomic E-state index is 0.00519. The highest BCUT2D eigenvalue weighted by Gasteiger charge is 2.35. The van der Waals surface area contributed by atoms with Crippen LogP contribution in [0.25, 0.3) is 11.0 Å². The van der Waals surface area contributed by atoms with Crippen molar-refractivity contribution in [1.29, 1.82) is 0 Å². The van der Waals surface area contributed by atoms with Gasteiger partial charge < -0.3 is 19.0 Å². The Hall–Kier alpha value is -3.68. The van der Waals surface area contributed by atoms with E-state index in [4.69, 9.17) is 4.42 Å². The largest absolute Gasteiger partial charge is 0.506 e. The van der Waals surface area contributed by atoms with E-state index in [0.717, 1.165) is 12.1 Å². The van der Waals surface area contributed by atoms with E-state index in [-0.39, 0.29) is 46.7 Å². The molecule has 1 N–H and O–H groups in total. The fourth-order valence-corrected chi connectivity index (χ4v) is 4.68. The van der Waals surface area contributed by atoms with Gasteiger partial charge in [0.1, 0.15) is 23.4 Å². The molecule has 2 aliphatic rings. The summed E-state index contributed by atoms with van der Waals surface area (Å²) in [5.74, 6) is 0.00158. The van der Waals surface area contributed by atoms with Gasteiger partial charge in [0, 0.05) is 43.5 Å². The summed E-state index contributed by atoms with van der Waals surface area (Å²) < 4.78 is 7.03. The molecular formula is C23H21N3O5. The van der Waals surface area contributed by atoms with Gasteiger partial charge >= 0.3 is 5.63 Å². The van der Waals surface area contributed by atoms with Crippen molar-refractivity contribution in [3.63, 3.8) is 0 Å². The van der Waals surface area contributed by atoms with Crippen molar-refractivity contribution in [2.75, 3.05) is 19.6 Å². The molecule has 1 saturated heterocycles. The van der Waals surface area contributed by atoms with Crippen molar-refractivity contribution in [1.82, 2.24) is 9.47 Å². The summed E-state index contributed by atoms with van der Waals surface area (Å²) in [6, 6.07) is 12.0. The zero-order chi connectivity index (χ0) is 21.5.